The molecule has 0 spiro atoms. The third kappa shape index (κ3) is 7.45. The average molecular weight is 300 g/mol. The van der Waals surface area contributed by atoms with E-state index < -0.39 is 12.0 Å². The number of carboxylic acid groups (broad SMARTS) is 1. The minimum atomic E-state index is -1.11. The molecule has 0 aromatic carbocycles. The highest BCUT2D eigenvalue weighted by Crippen LogP contribution is 1.99. The Morgan fingerprint density at radius 2 is 2.19 bits per heavy atom. The van der Waals surface area contributed by atoms with Gasteiger partial charge < -0.3 is 30.0 Å². The Morgan fingerprint density at radius 1 is 1.38 bits per heavy atom. The van der Waals surface area contributed by atoms with Crippen LogP contribution in [0.5, 0.6) is 0 Å². The second-order valence-electron chi connectivity index (χ2n) is 4.24. The molecule has 1 aromatic heterocycles. The third-order valence-electron chi connectivity index (χ3n) is 2.60. The summed E-state index contributed by atoms with van der Waals surface area (Å²) in [5, 5.41) is 22.8. The van der Waals surface area contributed by atoms with Crippen molar-refractivity contribution < 1.29 is 29.0 Å². The Morgan fingerprint density at radius 3 is 2.81 bits per heavy atom. The number of aliphatic carboxylic acids is 1. The average Bonchev–Trinajstić information content (AvgIpc) is 2.96. The molecular weight excluding hydrogens is 280 g/mol. The van der Waals surface area contributed by atoms with Gasteiger partial charge in [0.2, 0.25) is 5.91 Å². The van der Waals surface area contributed by atoms with Crippen molar-refractivity contribution in [3.05, 3.63) is 24.2 Å². The smallest absolute Gasteiger partial charge is 0.321 e. The topological polar surface area (TPSA) is 121 Å². The molecule has 21 heavy (non-hydrogen) atoms. The number of ether oxygens (including phenoxy) is 1. The van der Waals surface area contributed by atoms with Crippen LogP contribution >= 0.6 is 0 Å². The molecule has 8 nitrogen and oxygen atoms in total. The molecule has 0 aliphatic rings. The van der Waals surface area contributed by atoms with E-state index in [1.807, 2.05) is 0 Å². The summed E-state index contributed by atoms with van der Waals surface area (Å²) in [6, 6.07) is 2.43. The minimum absolute atomic E-state index is 0.0858. The zero-order chi connectivity index (χ0) is 15.5. The largest absolute Gasteiger partial charge is 0.480 e. The Labute approximate surface area is 122 Å². The van der Waals surface area contributed by atoms with Crippen molar-refractivity contribution >= 4 is 11.9 Å². The molecule has 0 radical (unpaired) electrons. The molecule has 118 valence electrons. The summed E-state index contributed by atoms with van der Waals surface area (Å²) in [6.45, 7) is 0.874. The highest BCUT2D eigenvalue weighted by atomic mass is 16.5. The van der Waals surface area contributed by atoms with Crippen LogP contribution in [0.4, 0.5) is 0 Å². The van der Waals surface area contributed by atoms with E-state index in [2.05, 4.69) is 10.6 Å². The number of carbonyl (C=O) groups excluding carboxylic acids is 1. The van der Waals surface area contributed by atoms with E-state index in [1.165, 1.54) is 6.26 Å². The fraction of sp³-hybridized carbons (Fsp3) is 0.538. The third-order valence-corrected chi connectivity index (χ3v) is 2.60. The first-order valence-electron chi connectivity index (χ1n) is 6.57. The normalized spacial score (nSPS) is 12.0. The maximum atomic E-state index is 11.7. The van der Waals surface area contributed by atoms with E-state index in [0.717, 1.165) is 0 Å². The van der Waals surface area contributed by atoms with Gasteiger partial charge in [-0.2, -0.15) is 0 Å². The van der Waals surface area contributed by atoms with Gasteiger partial charge in [0, 0.05) is 6.54 Å². The fourth-order valence-electron chi connectivity index (χ4n) is 1.58. The number of furan rings is 1. The minimum Gasteiger partial charge on any atom is -0.480 e. The van der Waals surface area contributed by atoms with E-state index in [4.69, 9.17) is 19.4 Å². The molecule has 0 bridgehead atoms. The monoisotopic (exact) mass is 300 g/mol. The Hall–Kier alpha value is -1.90. The van der Waals surface area contributed by atoms with Gasteiger partial charge in [0.1, 0.15) is 11.8 Å². The molecule has 0 saturated carbocycles. The van der Waals surface area contributed by atoms with Crippen LogP contribution in [0.1, 0.15) is 12.2 Å². The molecule has 0 fully saturated rings. The van der Waals surface area contributed by atoms with E-state index in [0.29, 0.717) is 5.76 Å². The number of rotatable bonds is 11. The van der Waals surface area contributed by atoms with Gasteiger partial charge >= 0.3 is 5.97 Å². The highest BCUT2D eigenvalue weighted by Gasteiger charge is 2.20. The molecule has 1 heterocycles. The van der Waals surface area contributed by atoms with Crippen LogP contribution in [-0.4, -0.2) is 54.5 Å². The summed E-state index contributed by atoms with van der Waals surface area (Å²) in [5.74, 6) is -0.895. The predicted molar refractivity (Wildman–Crippen MR) is 72.5 cm³/mol. The molecule has 0 aliphatic carbocycles. The molecule has 0 saturated heterocycles. The second kappa shape index (κ2) is 9.92. The molecule has 8 heteroatoms. The predicted octanol–water partition coefficient (Wildman–Crippen LogP) is -0.662. The maximum absolute atomic E-state index is 11.7. The lowest BCUT2D eigenvalue weighted by molar-refractivity contribution is -0.141. The van der Waals surface area contributed by atoms with Gasteiger partial charge in [-0.25, -0.2) is 0 Å². The quantitative estimate of drug-likeness (QED) is 0.400. The number of amides is 1. The first-order valence-corrected chi connectivity index (χ1v) is 6.57. The highest BCUT2D eigenvalue weighted by molar-refractivity contribution is 5.84. The number of carboxylic acids is 1. The van der Waals surface area contributed by atoms with Crippen molar-refractivity contribution in [3.63, 3.8) is 0 Å². The maximum Gasteiger partial charge on any atom is 0.321 e. The van der Waals surface area contributed by atoms with Crippen LogP contribution in [0.3, 0.4) is 0 Å². The number of nitrogens with one attached hydrogen (secondary N) is 2. The van der Waals surface area contributed by atoms with Crippen LogP contribution < -0.4 is 10.6 Å². The van der Waals surface area contributed by atoms with Crippen molar-refractivity contribution in [2.75, 3.05) is 26.4 Å². The van der Waals surface area contributed by atoms with E-state index in [-0.39, 0.29) is 45.2 Å². The fourth-order valence-corrected chi connectivity index (χ4v) is 1.58. The van der Waals surface area contributed by atoms with Crippen LogP contribution in [-0.2, 0) is 20.9 Å². The Balaban J connectivity index is 2.25. The van der Waals surface area contributed by atoms with Crippen molar-refractivity contribution in [2.45, 2.75) is 19.0 Å². The lowest BCUT2D eigenvalue weighted by atomic mass is 10.2. The van der Waals surface area contributed by atoms with Crippen molar-refractivity contribution in [1.29, 1.82) is 0 Å². The van der Waals surface area contributed by atoms with Crippen molar-refractivity contribution in [2.24, 2.45) is 0 Å². The lowest BCUT2D eigenvalue weighted by Crippen LogP contribution is -2.42. The van der Waals surface area contributed by atoms with Crippen LogP contribution in [0.15, 0.2) is 22.8 Å². The second-order valence-corrected chi connectivity index (χ2v) is 4.24. The summed E-state index contributed by atoms with van der Waals surface area (Å²) < 4.78 is 10.1. The van der Waals surface area contributed by atoms with Crippen molar-refractivity contribution in [1.82, 2.24) is 10.6 Å². The SMILES string of the molecule is O=C(C[C@H](NCCOCCO)C(=O)O)NCc1ccco1. The molecule has 1 aromatic rings. The summed E-state index contributed by atoms with van der Waals surface area (Å²) >= 11 is 0. The number of aliphatic hydroxyl groups excluding tert-OH is 1. The van der Waals surface area contributed by atoms with Gasteiger partial charge in [0.05, 0.1) is 39.0 Å². The first kappa shape index (κ1) is 17.2. The summed E-state index contributed by atoms with van der Waals surface area (Å²) in [6.07, 6.45) is 1.31. The van der Waals surface area contributed by atoms with Crippen LogP contribution in [0.25, 0.3) is 0 Å². The van der Waals surface area contributed by atoms with Gasteiger partial charge in [-0.05, 0) is 12.1 Å². The van der Waals surface area contributed by atoms with Crippen molar-refractivity contribution in [3.8, 4) is 0 Å². The number of hydrogen-bond donors (Lipinski definition) is 4. The lowest BCUT2D eigenvalue weighted by Gasteiger charge is -2.14. The van der Waals surface area contributed by atoms with Crippen LogP contribution in [0.2, 0.25) is 0 Å². The molecule has 1 rings (SSSR count). The van der Waals surface area contributed by atoms with Crippen LogP contribution in [0, 0.1) is 0 Å². The Kier molecular flexibility index (Phi) is 8.10. The van der Waals surface area contributed by atoms with Gasteiger partial charge in [0.25, 0.3) is 0 Å². The Bertz CT molecular complexity index is 420. The molecule has 0 unspecified atom stereocenters. The van der Waals surface area contributed by atoms with Gasteiger partial charge in [-0.15, -0.1) is 0 Å². The molecule has 1 atom stereocenters. The summed E-state index contributed by atoms with van der Waals surface area (Å²) in [4.78, 5) is 22.7. The van der Waals surface area contributed by atoms with Gasteiger partial charge in [0.15, 0.2) is 0 Å². The number of hydrogen-bond acceptors (Lipinski definition) is 6. The van der Waals surface area contributed by atoms with E-state index in [9.17, 15) is 9.59 Å². The van der Waals surface area contributed by atoms with Gasteiger partial charge in [-0.3, -0.25) is 9.59 Å². The number of carbonyl (C=O) groups is 2. The first-order chi connectivity index (χ1) is 10.1. The molecule has 1 amide bonds. The summed E-state index contributed by atoms with van der Waals surface area (Å²) in [7, 11) is 0. The molecule has 4 N–H and O–H groups in total. The summed E-state index contributed by atoms with van der Waals surface area (Å²) in [5.41, 5.74) is 0. The van der Waals surface area contributed by atoms with Gasteiger partial charge in [-0.1, -0.05) is 0 Å². The zero-order valence-electron chi connectivity index (χ0n) is 11.6. The standard InChI is InChI=1S/C13H20N2O6/c16-4-7-20-6-3-14-11(13(18)19)8-12(17)15-9-10-2-1-5-21-10/h1-2,5,11,14,16H,3-4,6-9H2,(H,15,17)(H,18,19)/t11-/m0/s1. The van der Waals surface area contributed by atoms with E-state index in [1.54, 1.807) is 12.1 Å². The zero-order valence-corrected chi connectivity index (χ0v) is 11.6. The molecular formula is C13H20N2O6. The van der Waals surface area contributed by atoms with E-state index >= 15 is 0 Å². The molecule has 0 aliphatic heterocycles. The number of aliphatic hydroxyl groups is 1.